The maximum Gasteiger partial charge on any atom is 0.222 e. The predicted molar refractivity (Wildman–Crippen MR) is 121 cm³/mol. The van der Waals surface area contributed by atoms with Gasteiger partial charge in [-0.3, -0.25) is 4.79 Å². The fourth-order valence-electron chi connectivity index (χ4n) is 3.40. The molecule has 0 bridgehead atoms. The van der Waals surface area contributed by atoms with Crippen LogP contribution in [0.5, 0.6) is 11.5 Å². The van der Waals surface area contributed by atoms with Gasteiger partial charge in [-0.15, -0.1) is 11.3 Å². The topological polar surface area (TPSA) is 38.8 Å². The van der Waals surface area contributed by atoms with Crippen LogP contribution in [-0.2, 0) is 17.8 Å². The summed E-state index contributed by atoms with van der Waals surface area (Å²) in [5, 5.41) is 2.07. The van der Waals surface area contributed by atoms with E-state index in [1.165, 1.54) is 30.6 Å². The number of carbonyl (C=O) groups excluding carboxylic acids is 1. The molecule has 0 atom stereocenters. The number of nitrogens with zero attached hydrogens (tertiary/aromatic N) is 1. The smallest absolute Gasteiger partial charge is 0.222 e. The summed E-state index contributed by atoms with van der Waals surface area (Å²) in [6.45, 7) is 3.63. The van der Waals surface area contributed by atoms with Gasteiger partial charge in [0.15, 0.2) is 11.5 Å². The van der Waals surface area contributed by atoms with Gasteiger partial charge >= 0.3 is 0 Å². The highest BCUT2D eigenvalue weighted by molar-refractivity contribution is 7.09. The van der Waals surface area contributed by atoms with Crippen LogP contribution in [0.2, 0.25) is 0 Å². The number of methoxy groups -OCH3 is 2. The summed E-state index contributed by atoms with van der Waals surface area (Å²) in [6, 6.07) is 10.1. The molecule has 5 heteroatoms. The second-order valence-corrected chi connectivity index (χ2v) is 8.38. The fraction of sp³-hybridized carbons (Fsp3) is 0.542. The predicted octanol–water partition coefficient (Wildman–Crippen LogP) is 6.09. The van der Waals surface area contributed by atoms with Gasteiger partial charge in [0, 0.05) is 17.8 Å². The normalized spacial score (nSPS) is 10.7. The quantitative estimate of drug-likeness (QED) is 0.349. The lowest BCUT2D eigenvalue weighted by Gasteiger charge is -2.22. The minimum Gasteiger partial charge on any atom is -0.493 e. The molecule has 0 N–H and O–H groups in total. The number of hydrogen-bond donors (Lipinski definition) is 0. The highest BCUT2D eigenvalue weighted by Gasteiger charge is 2.15. The first-order valence-corrected chi connectivity index (χ1v) is 11.6. The molecule has 0 saturated carbocycles. The van der Waals surface area contributed by atoms with Gasteiger partial charge in [-0.05, 0) is 42.0 Å². The van der Waals surface area contributed by atoms with E-state index in [1.807, 2.05) is 29.2 Å². The number of rotatable bonds is 14. The van der Waals surface area contributed by atoms with Crippen LogP contribution in [0.1, 0.15) is 62.3 Å². The molecular formula is C24H35NO3S. The lowest BCUT2D eigenvalue weighted by Crippen LogP contribution is -2.32. The van der Waals surface area contributed by atoms with Crippen LogP contribution in [-0.4, -0.2) is 31.6 Å². The first-order chi connectivity index (χ1) is 14.2. The Balaban J connectivity index is 1.92. The maximum absolute atomic E-state index is 12.9. The first kappa shape index (κ1) is 23.3. The highest BCUT2D eigenvalue weighted by atomic mass is 32.1. The largest absolute Gasteiger partial charge is 0.493 e. The van der Waals surface area contributed by atoms with E-state index in [4.69, 9.17) is 9.47 Å². The van der Waals surface area contributed by atoms with Crippen molar-refractivity contribution in [2.45, 2.75) is 64.8 Å². The molecule has 1 amide bonds. The van der Waals surface area contributed by atoms with Crippen molar-refractivity contribution in [3.63, 3.8) is 0 Å². The lowest BCUT2D eigenvalue weighted by molar-refractivity contribution is -0.131. The van der Waals surface area contributed by atoms with Gasteiger partial charge in [-0.2, -0.15) is 0 Å². The zero-order valence-electron chi connectivity index (χ0n) is 18.1. The summed E-state index contributed by atoms with van der Waals surface area (Å²) in [5.74, 6) is 1.72. The van der Waals surface area contributed by atoms with Crippen molar-refractivity contribution in [2.24, 2.45) is 0 Å². The molecule has 4 nitrogen and oxygen atoms in total. The number of amides is 1. The summed E-state index contributed by atoms with van der Waals surface area (Å²) in [7, 11) is 3.29. The molecule has 0 unspecified atom stereocenters. The third-order valence-electron chi connectivity index (χ3n) is 5.14. The van der Waals surface area contributed by atoms with Crippen LogP contribution < -0.4 is 9.47 Å². The molecule has 160 valence electrons. The Morgan fingerprint density at radius 1 is 1.00 bits per heavy atom. The maximum atomic E-state index is 12.9. The second kappa shape index (κ2) is 13.3. The second-order valence-electron chi connectivity index (χ2n) is 7.35. The van der Waals surface area contributed by atoms with Crippen molar-refractivity contribution in [1.82, 2.24) is 4.90 Å². The van der Waals surface area contributed by atoms with Gasteiger partial charge in [-0.1, -0.05) is 51.2 Å². The monoisotopic (exact) mass is 417 g/mol. The van der Waals surface area contributed by atoms with Crippen molar-refractivity contribution in [2.75, 3.05) is 20.8 Å². The summed E-state index contributed by atoms with van der Waals surface area (Å²) in [6.07, 6.45) is 8.64. The van der Waals surface area contributed by atoms with Crippen LogP contribution in [0.15, 0.2) is 35.7 Å². The minimum atomic E-state index is 0.259. The van der Waals surface area contributed by atoms with Gasteiger partial charge in [-0.25, -0.2) is 0 Å². The summed E-state index contributed by atoms with van der Waals surface area (Å²) in [4.78, 5) is 16.1. The van der Waals surface area contributed by atoms with Crippen molar-refractivity contribution < 1.29 is 14.3 Å². The molecule has 1 aromatic heterocycles. The lowest BCUT2D eigenvalue weighted by atomic mass is 10.1. The summed E-state index contributed by atoms with van der Waals surface area (Å²) < 4.78 is 10.7. The van der Waals surface area contributed by atoms with E-state index in [9.17, 15) is 4.79 Å². The molecule has 0 aliphatic rings. The van der Waals surface area contributed by atoms with Crippen LogP contribution >= 0.6 is 11.3 Å². The number of benzene rings is 1. The Labute approximate surface area is 179 Å². The molecular weight excluding hydrogens is 382 g/mol. The zero-order chi connectivity index (χ0) is 20.9. The fourth-order valence-corrected chi connectivity index (χ4v) is 4.12. The minimum absolute atomic E-state index is 0.259. The van der Waals surface area contributed by atoms with E-state index in [1.54, 1.807) is 25.6 Å². The van der Waals surface area contributed by atoms with Gasteiger partial charge in [0.25, 0.3) is 0 Å². The van der Waals surface area contributed by atoms with Crippen molar-refractivity contribution in [3.05, 3.63) is 46.2 Å². The Bertz CT molecular complexity index is 715. The Kier molecular flexibility index (Phi) is 10.6. The van der Waals surface area contributed by atoms with Crippen LogP contribution in [0.4, 0.5) is 0 Å². The number of thiophene rings is 1. The van der Waals surface area contributed by atoms with E-state index >= 15 is 0 Å². The van der Waals surface area contributed by atoms with E-state index in [2.05, 4.69) is 18.4 Å². The molecule has 0 spiro atoms. The number of carbonyl (C=O) groups is 1. The molecule has 0 aliphatic heterocycles. The van der Waals surface area contributed by atoms with Crippen LogP contribution in [0.3, 0.4) is 0 Å². The number of hydrogen-bond acceptors (Lipinski definition) is 4. The van der Waals surface area contributed by atoms with Gasteiger partial charge < -0.3 is 14.4 Å². The third kappa shape index (κ3) is 8.09. The van der Waals surface area contributed by atoms with E-state index in [0.717, 1.165) is 36.3 Å². The van der Waals surface area contributed by atoms with Gasteiger partial charge in [0.05, 0.1) is 20.8 Å². The van der Waals surface area contributed by atoms with Gasteiger partial charge in [0.2, 0.25) is 5.91 Å². The summed E-state index contributed by atoms with van der Waals surface area (Å²) >= 11 is 1.71. The molecule has 1 aromatic carbocycles. The third-order valence-corrected chi connectivity index (χ3v) is 6.00. The number of unbranched alkanes of at least 4 members (excludes halogenated alkanes) is 5. The molecule has 1 heterocycles. The molecule has 2 rings (SSSR count). The van der Waals surface area contributed by atoms with E-state index in [0.29, 0.717) is 19.5 Å². The molecule has 0 saturated heterocycles. The number of ether oxygens (including phenoxy) is 2. The average Bonchev–Trinajstić information content (AvgIpc) is 3.26. The molecule has 0 aliphatic carbocycles. The molecule has 2 aromatic rings. The van der Waals surface area contributed by atoms with Gasteiger partial charge in [0.1, 0.15) is 0 Å². The van der Waals surface area contributed by atoms with Crippen molar-refractivity contribution >= 4 is 17.2 Å². The highest BCUT2D eigenvalue weighted by Crippen LogP contribution is 2.28. The summed E-state index contributed by atoms with van der Waals surface area (Å²) in [5.41, 5.74) is 1.14. The van der Waals surface area contributed by atoms with E-state index < -0.39 is 0 Å². The van der Waals surface area contributed by atoms with E-state index in [-0.39, 0.29) is 5.91 Å². The molecule has 29 heavy (non-hydrogen) atoms. The Hall–Kier alpha value is -2.01. The average molecular weight is 418 g/mol. The standard InChI is InChI=1S/C24H35NO3S/c1-4-5-6-7-8-9-12-24(26)25(19-21-11-10-17-29-21)16-15-20-13-14-22(27-2)23(18-20)28-3/h10-11,13-14,17-18H,4-9,12,15-16,19H2,1-3H3. The van der Waals surface area contributed by atoms with Crippen molar-refractivity contribution in [3.8, 4) is 11.5 Å². The van der Waals surface area contributed by atoms with Crippen LogP contribution in [0.25, 0.3) is 0 Å². The Morgan fingerprint density at radius 2 is 1.76 bits per heavy atom. The Morgan fingerprint density at radius 3 is 2.45 bits per heavy atom. The zero-order valence-corrected chi connectivity index (χ0v) is 18.9. The molecule has 0 fully saturated rings. The molecule has 0 radical (unpaired) electrons. The van der Waals surface area contributed by atoms with Crippen molar-refractivity contribution in [1.29, 1.82) is 0 Å². The van der Waals surface area contributed by atoms with Crippen LogP contribution in [0, 0.1) is 0 Å². The SMILES string of the molecule is CCCCCCCCC(=O)N(CCc1ccc(OC)c(OC)c1)Cc1cccs1. The first-order valence-electron chi connectivity index (χ1n) is 10.7.